The maximum Gasteiger partial charge on any atom is 0.222 e. The van der Waals surface area contributed by atoms with E-state index in [1.165, 1.54) is 5.56 Å². The number of rotatable bonds is 1. The average Bonchev–Trinajstić information content (AvgIpc) is 2.86. The summed E-state index contributed by atoms with van der Waals surface area (Å²) in [4.78, 5) is 8.49. The minimum Gasteiger partial charge on any atom is -0.383 e. The van der Waals surface area contributed by atoms with E-state index in [4.69, 9.17) is 11.5 Å². The van der Waals surface area contributed by atoms with Crippen molar-refractivity contribution in [2.45, 2.75) is 6.42 Å². The third-order valence-corrected chi connectivity index (χ3v) is 4.47. The van der Waals surface area contributed by atoms with Gasteiger partial charge in [-0.05, 0) is 34.4 Å². The first-order chi connectivity index (χ1) is 10.6. The zero-order chi connectivity index (χ0) is 15.3. The molecule has 0 aliphatic heterocycles. The van der Waals surface area contributed by atoms with Crippen LogP contribution >= 0.6 is 15.9 Å². The summed E-state index contributed by atoms with van der Waals surface area (Å²) in [6.45, 7) is 0. The fourth-order valence-corrected chi connectivity index (χ4v) is 3.30. The van der Waals surface area contributed by atoms with Crippen molar-refractivity contribution in [3.63, 3.8) is 0 Å². The van der Waals surface area contributed by atoms with Crippen molar-refractivity contribution in [2.75, 3.05) is 11.5 Å². The molecule has 4 rings (SSSR count). The van der Waals surface area contributed by atoms with Crippen molar-refractivity contribution in [2.24, 2.45) is 0 Å². The van der Waals surface area contributed by atoms with E-state index in [0.29, 0.717) is 5.82 Å². The first-order valence-corrected chi connectivity index (χ1v) is 7.73. The minimum absolute atomic E-state index is 0.231. The van der Waals surface area contributed by atoms with E-state index in [1.54, 1.807) is 0 Å². The number of hydrogen-bond acceptors (Lipinski definition) is 4. The topological polar surface area (TPSA) is 77.8 Å². The van der Waals surface area contributed by atoms with Gasteiger partial charge in [0.05, 0.1) is 5.69 Å². The molecule has 0 fully saturated rings. The maximum atomic E-state index is 6.12. The highest BCUT2D eigenvalue weighted by Crippen LogP contribution is 2.44. The van der Waals surface area contributed by atoms with Crippen LogP contribution in [0.3, 0.4) is 0 Å². The van der Waals surface area contributed by atoms with Crippen LogP contribution < -0.4 is 11.5 Å². The van der Waals surface area contributed by atoms with Crippen LogP contribution in [-0.4, -0.2) is 9.97 Å². The van der Waals surface area contributed by atoms with Crippen molar-refractivity contribution in [3.05, 3.63) is 58.2 Å². The highest BCUT2D eigenvalue weighted by molar-refractivity contribution is 9.10. The van der Waals surface area contributed by atoms with Gasteiger partial charge in [-0.3, -0.25) is 0 Å². The molecule has 0 saturated carbocycles. The molecule has 1 aliphatic rings. The molecule has 5 heteroatoms. The summed E-state index contributed by atoms with van der Waals surface area (Å²) in [5.74, 6) is 0.681. The lowest BCUT2D eigenvalue weighted by Crippen LogP contribution is -2.03. The molecule has 4 N–H and O–H groups in total. The maximum absolute atomic E-state index is 6.12. The van der Waals surface area contributed by atoms with E-state index >= 15 is 0 Å². The predicted octanol–water partition coefficient (Wildman–Crippen LogP) is 3.64. The Hall–Kier alpha value is -2.40. The lowest BCUT2D eigenvalue weighted by Gasteiger charge is -2.11. The second-order valence-electron chi connectivity index (χ2n) is 5.31. The molecule has 0 saturated heterocycles. The Morgan fingerprint density at radius 2 is 1.68 bits per heavy atom. The summed E-state index contributed by atoms with van der Waals surface area (Å²) in [6.07, 6.45) is 0.742. The zero-order valence-corrected chi connectivity index (χ0v) is 13.3. The van der Waals surface area contributed by atoms with Crippen molar-refractivity contribution < 1.29 is 0 Å². The molecular weight excluding hydrogens is 340 g/mol. The molecule has 4 nitrogen and oxygen atoms in total. The van der Waals surface area contributed by atoms with Crippen LogP contribution in [0.2, 0.25) is 0 Å². The minimum atomic E-state index is 0.231. The Bertz CT molecular complexity index is 888. The van der Waals surface area contributed by atoms with Crippen LogP contribution in [0.1, 0.15) is 11.3 Å². The van der Waals surface area contributed by atoms with Gasteiger partial charge in [0.25, 0.3) is 0 Å². The lowest BCUT2D eigenvalue weighted by atomic mass is 9.95. The average molecular weight is 353 g/mol. The second kappa shape index (κ2) is 4.81. The van der Waals surface area contributed by atoms with Gasteiger partial charge in [-0.2, -0.15) is 4.98 Å². The fraction of sp³-hybridized carbons (Fsp3) is 0.0588. The normalized spacial score (nSPS) is 12.0. The lowest BCUT2D eigenvalue weighted by molar-refractivity contribution is 1.09. The summed E-state index contributed by atoms with van der Waals surface area (Å²) in [6, 6.07) is 14.5. The van der Waals surface area contributed by atoms with Crippen molar-refractivity contribution >= 4 is 27.7 Å². The first-order valence-electron chi connectivity index (χ1n) is 6.93. The Morgan fingerprint density at radius 1 is 0.909 bits per heavy atom. The van der Waals surface area contributed by atoms with Crippen LogP contribution in [0.15, 0.2) is 46.9 Å². The quantitative estimate of drug-likeness (QED) is 0.548. The third kappa shape index (κ3) is 1.97. The van der Waals surface area contributed by atoms with Crippen LogP contribution in [-0.2, 0) is 6.42 Å². The van der Waals surface area contributed by atoms with E-state index < -0.39 is 0 Å². The molecule has 1 aliphatic carbocycles. The van der Waals surface area contributed by atoms with Gasteiger partial charge in [0, 0.05) is 16.5 Å². The van der Waals surface area contributed by atoms with Gasteiger partial charge in [-0.25, -0.2) is 4.98 Å². The summed E-state index contributed by atoms with van der Waals surface area (Å²) in [7, 11) is 0. The molecule has 0 amide bonds. The number of fused-ring (bicyclic) bond motifs is 3. The molecule has 1 aromatic heterocycles. The van der Waals surface area contributed by atoms with Crippen LogP contribution in [0.5, 0.6) is 0 Å². The Morgan fingerprint density at radius 3 is 2.45 bits per heavy atom. The zero-order valence-electron chi connectivity index (χ0n) is 11.7. The smallest absolute Gasteiger partial charge is 0.222 e. The molecule has 3 aromatic rings. The molecule has 0 spiro atoms. The number of halogens is 1. The van der Waals surface area contributed by atoms with Gasteiger partial charge in [0.1, 0.15) is 5.82 Å². The summed E-state index contributed by atoms with van der Waals surface area (Å²) in [5, 5.41) is 0. The highest BCUT2D eigenvalue weighted by Gasteiger charge is 2.26. The second-order valence-corrected chi connectivity index (χ2v) is 6.23. The number of anilines is 2. The molecular formula is C17H13BrN4. The van der Waals surface area contributed by atoms with Gasteiger partial charge in [0.15, 0.2) is 0 Å². The molecule has 22 heavy (non-hydrogen) atoms. The summed E-state index contributed by atoms with van der Waals surface area (Å²) < 4.78 is 1.06. The standard InChI is InChI=1S/C17H13BrN4/c18-11-6-4-9(5-7-11)12-3-1-2-10-8-13-15(14(10)12)16(19)22-17(20)21-13/h1-7H,8H2,(H4,19,20,21,22). The van der Waals surface area contributed by atoms with Gasteiger partial charge in [-0.1, -0.05) is 46.3 Å². The van der Waals surface area contributed by atoms with E-state index in [-0.39, 0.29) is 5.95 Å². The molecule has 1 heterocycles. The first kappa shape index (κ1) is 13.3. The molecule has 0 unspecified atom stereocenters. The Kier molecular flexibility index (Phi) is 2.90. The number of nitrogen functional groups attached to an aromatic ring is 2. The number of benzene rings is 2. The molecule has 0 bridgehead atoms. The largest absolute Gasteiger partial charge is 0.383 e. The number of aromatic nitrogens is 2. The Labute approximate surface area is 136 Å². The van der Waals surface area contributed by atoms with E-state index in [1.807, 2.05) is 12.1 Å². The van der Waals surface area contributed by atoms with Crippen LogP contribution in [0, 0.1) is 0 Å². The van der Waals surface area contributed by atoms with Crippen LogP contribution in [0.4, 0.5) is 11.8 Å². The number of nitrogens with two attached hydrogens (primary N) is 2. The van der Waals surface area contributed by atoms with E-state index in [9.17, 15) is 0 Å². The Balaban J connectivity index is 1.99. The van der Waals surface area contributed by atoms with Gasteiger partial charge >= 0.3 is 0 Å². The van der Waals surface area contributed by atoms with Crippen molar-refractivity contribution in [3.8, 4) is 22.3 Å². The number of hydrogen-bond donors (Lipinski definition) is 2. The monoisotopic (exact) mass is 352 g/mol. The molecule has 0 atom stereocenters. The SMILES string of the molecule is Nc1nc(N)c2c(n1)Cc1cccc(-c3ccc(Br)cc3)c1-2. The van der Waals surface area contributed by atoms with E-state index in [0.717, 1.165) is 38.8 Å². The summed E-state index contributed by atoms with van der Waals surface area (Å²) >= 11 is 3.47. The van der Waals surface area contributed by atoms with Gasteiger partial charge in [-0.15, -0.1) is 0 Å². The van der Waals surface area contributed by atoms with Gasteiger partial charge in [0.2, 0.25) is 5.95 Å². The van der Waals surface area contributed by atoms with Crippen molar-refractivity contribution in [1.82, 2.24) is 9.97 Å². The highest BCUT2D eigenvalue weighted by atomic mass is 79.9. The third-order valence-electron chi connectivity index (χ3n) is 3.94. The van der Waals surface area contributed by atoms with Crippen molar-refractivity contribution in [1.29, 1.82) is 0 Å². The van der Waals surface area contributed by atoms with Crippen LogP contribution in [0.25, 0.3) is 22.3 Å². The van der Waals surface area contributed by atoms with Gasteiger partial charge < -0.3 is 11.5 Å². The predicted molar refractivity (Wildman–Crippen MR) is 92.2 cm³/mol. The summed E-state index contributed by atoms with van der Waals surface area (Å²) in [5.41, 5.74) is 18.3. The molecule has 0 radical (unpaired) electrons. The fourth-order valence-electron chi connectivity index (χ4n) is 3.04. The molecule has 2 aromatic carbocycles. The molecule has 108 valence electrons. The van der Waals surface area contributed by atoms with E-state index in [2.05, 4.69) is 56.2 Å². The number of nitrogens with zero attached hydrogens (tertiary/aromatic N) is 2.